The Bertz CT molecular complexity index is 833. The molecule has 0 N–H and O–H groups in total. The molecule has 1 unspecified atom stereocenters. The molecule has 2 aromatic rings. The molecule has 3 heterocycles. The molecule has 6 heteroatoms. The average molecular weight is 337 g/mol. The summed E-state index contributed by atoms with van der Waals surface area (Å²) in [5.74, 6) is -0.0566. The Kier molecular flexibility index (Phi) is 4.84. The van der Waals surface area contributed by atoms with Gasteiger partial charge in [0.25, 0.3) is 5.91 Å². The molecule has 3 rings (SSSR count). The first-order valence-electron chi connectivity index (χ1n) is 8.69. The topological polar surface area (TPSA) is 74.8 Å². The van der Waals surface area contributed by atoms with Crippen molar-refractivity contribution in [1.82, 2.24) is 19.7 Å². The second-order valence-electron chi connectivity index (χ2n) is 6.70. The maximum absolute atomic E-state index is 13.0. The Morgan fingerprint density at radius 1 is 1.32 bits per heavy atom. The fourth-order valence-electron chi connectivity index (χ4n) is 3.46. The van der Waals surface area contributed by atoms with Crippen molar-refractivity contribution < 1.29 is 4.79 Å². The molecule has 1 aliphatic heterocycles. The summed E-state index contributed by atoms with van der Waals surface area (Å²) in [5.41, 5.74) is 3.63. The molecule has 2 aromatic heterocycles. The van der Waals surface area contributed by atoms with Gasteiger partial charge in [-0.2, -0.15) is 10.4 Å². The molecular formula is C19H23N5O. The first-order chi connectivity index (χ1) is 12.0. The largest absolute Gasteiger partial charge is 0.332 e. The van der Waals surface area contributed by atoms with Gasteiger partial charge in [0, 0.05) is 12.2 Å². The van der Waals surface area contributed by atoms with Crippen LogP contribution in [-0.2, 0) is 6.54 Å². The van der Waals surface area contributed by atoms with Gasteiger partial charge in [-0.15, -0.1) is 0 Å². The maximum Gasteiger partial charge on any atom is 0.272 e. The Balaban J connectivity index is 1.83. The van der Waals surface area contributed by atoms with E-state index in [1.165, 1.54) is 0 Å². The number of likely N-dealkylation sites (tertiary alicyclic amines) is 1. The highest BCUT2D eigenvalue weighted by atomic mass is 16.2. The third-order valence-electron chi connectivity index (χ3n) is 4.80. The quantitative estimate of drug-likeness (QED) is 0.863. The molecular weight excluding hydrogens is 314 g/mol. The van der Waals surface area contributed by atoms with Gasteiger partial charge in [-0.25, -0.2) is 4.98 Å². The number of nitriles is 1. The SMILES string of the molecule is Cc1cc(C)n(CC2CCCCN2C(=O)c2ccc(C#N)c(C)n2)n1. The predicted molar refractivity (Wildman–Crippen MR) is 94.1 cm³/mol. The van der Waals surface area contributed by atoms with Gasteiger partial charge in [-0.3, -0.25) is 9.48 Å². The van der Waals surface area contributed by atoms with Crippen molar-refractivity contribution >= 4 is 5.91 Å². The zero-order valence-electron chi connectivity index (χ0n) is 15.0. The van der Waals surface area contributed by atoms with Gasteiger partial charge in [0.2, 0.25) is 0 Å². The van der Waals surface area contributed by atoms with Crippen LogP contribution in [-0.4, -0.2) is 38.2 Å². The smallest absolute Gasteiger partial charge is 0.272 e. The average Bonchev–Trinajstić information content (AvgIpc) is 2.92. The third kappa shape index (κ3) is 3.55. The van der Waals surface area contributed by atoms with E-state index in [2.05, 4.69) is 22.2 Å². The lowest BCUT2D eigenvalue weighted by atomic mass is 10.0. The van der Waals surface area contributed by atoms with Gasteiger partial charge in [0.05, 0.1) is 29.5 Å². The van der Waals surface area contributed by atoms with Gasteiger partial charge in [-0.05, 0) is 58.2 Å². The van der Waals surface area contributed by atoms with Crippen molar-refractivity contribution in [2.24, 2.45) is 0 Å². The number of pyridine rings is 1. The van der Waals surface area contributed by atoms with Crippen molar-refractivity contribution in [3.63, 3.8) is 0 Å². The summed E-state index contributed by atoms with van der Waals surface area (Å²) >= 11 is 0. The highest BCUT2D eigenvalue weighted by Crippen LogP contribution is 2.21. The van der Waals surface area contributed by atoms with E-state index in [9.17, 15) is 4.79 Å². The summed E-state index contributed by atoms with van der Waals surface area (Å²) in [4.78, 5) is 19.3. The van der Waals surface area contributed by atoms with E-state index in [-0.39, 0.29) is 11.9 Å². The number of carbonyl (C=O) groups is 1. The molecule has 0 spiro atoms. The zero-order valence-corrected chi connectivity index (χ0v) is 15.0. The van der Waals surface area contributed by atoms with Crippen LogP contribution in [0, 0.1) is 32.1 Å². The van der Waals surface area contributed by atoms with Crippen molar-refractivity contribution in [1.29, 1.82) is 5.26 Å². The Hall–Kier alpha value is -2.68. The zero-order chi connectivity index (χ0) is 18.0. The minimum atomic E-state index is -0.0566. The number of rotatable bonds is 3. The Labute approximate surface area is 148 Å². The van der Waals surface area contributed by atoms with Crippen molar-refractivity contribution in [3.05, 3.63) is 46.5 Å². The minimum absolute atomic E-state index is 0.0566. The number of nitrogens with zero attached hydrogens (tertiary/aromatic N) is 5. The predicted octanol–water partition coefficient (Wildman–Crippen LogP) is 2.77. The summed E-state index contributed by atoms with van der Waals surface area (Å²) in [5, 5.41) is 13.6. The second kappa shape index (κ2) is 7.06. The van der Waals surface area contributed by atoms with Crippen LogP contribution in [0.15, 0.2) is 18.2 Å². The Morgan fingerprint density at radius 3 is 2.76 bits per heavy atom. The molecule has 25 heavy (non-hydrogen) atoms. The van der Waals surface area contributed by atoms with Crippen LogP contribution < -0.4 is 0 Å². The van der Waals surface area contributed by atoms with E-state index < -0.39 is 0 Å². The molecule has 1 atom stereocenters. The number of hydrogen-bond acceptors (Lipinski definition) is 4. The number of aromatic nitrogens is 3. The van der Waals surface area contributed by atoms with Gasteiger partial charge in [0.1, 0.15) is 11.8 Å². The van der Waals surface area contributed by atoms with E-state index >= 15 is 0 Å². The molecule has 6 nitrogen and oxygen atoms in total. The molecule has 1 fully saturated rings. The molecule has 0 radical (unpaired) electrons. The highest BCUT2D eigenvalue weighted by Gasteiger charge is 2.29. The van der Waals surface area contributed by atoms with E-state index in [0.29, 0.717) is 23.5 Å². The number of hydrogen-bond donors (Lipinski definition) is 0. The van der Waals surface area contributed by atoms with Crippen LogP contribution in [0.25, 0.3) is 0 Å². The summed E-state index contributed by atoms with van der Waals surface area (Å²) in [7, 11) is 0. The van der Waals surface area contributed by atoms with E-state index in [0.717, 1.165) is 37.2 Å². The molecule has 1 amide bonds. The molecule has 0 aromatic carbocycles. The molecule has 0 saturated carbocycles. The third-order valence-corrected chi connectivity index (χ3v) is 4.80. The molecule has 1 aliphatic rings. The maximum atomic E-state index is 13.0. The fraction of sp³-hybridized carbons (Fsp3) is 0.474. The van der Waals surface area contributed by atoms with Crippen LogP contribution in [0.2, 0.25) is 0 Å². The minimum Gasteiger partial charge on any atom is -0.332 e. The summed E-state index contributed by atoms with van der Waals surface area (Å²) in [6.07, 6.45) is 3.10. The summed E-state index contributed by atoms with van der Waals surface area (Å²) in [6, 6.07) is 7.60. The second-order valence-corrected chi connectivity index (χ2v) is 6.70. The van der Waals surface area contributed by atoms with Crippen LogP contribution in [0.4, 0.5) is 0 Å². The standard InChI is InChI=1S/C19H23N5O/c1-13-10-14(2)24(22-13)12-17-6-4-5-9-23(17)19(25)18-8-7-16(11-20)15(3)21-18/h7-8,10,17H,4-6,9,12H2,1-3H3. The number of amides is 1. The van der Waals surface area contributed by atoms with Crippen LogP contribution in [0.3, 0.4) is 0 Å². The van der Waals surface area contributed by atoms with E-state index in [4.69, 9.17) is 5.26 Å². The van der Waals surface area contributed by atoms with Gasteiger partial charge >= 0.3 is 0 Å². The van der Waals surface area contributed by atoms with Gasteiger partial charge in [-0.1, -0.05) is 0 Å². The van der Waals surface area contributed by atoms with Crippen LogP contribution >= 0.6 is 0 Å². The molecule has 0 bridgehead atoms. The normalized spacial score (nSPS) is 17.4. The Morgan fingerprint density at radius 2 is 2.12 bits per heavy atom. The van der Waals surface area contributed by atoms with Crippen molar-refractivity contribution in [2.45, 2.75) is 52.6 Å². The van der Waals surface area contributed by atoms with Crippen molar-refractivity contribution in [3.8, 4) is 6.07 Å². The first-order valence-corrected chi connectivity index (χ1v) is 8.69. The lowest BCUT2D eigenvalue weighted by molar-refractivity contribution is 0.0576. The lowest BCUT2D eigenvalue weighted by Gasteiger charge is -2.35. The van der Waals surface area contributed by atoms with Crippen LogP contribution in [0.5, 0.6) is 0 Å². The van der Waals surface area contributed by atoms with Gasteiger partial charge in [0.15, 0.2) is 0 Å². The molecule has 1 saturated heterocycles. The summed E-state index contributed by atoms with van der Waals surface area (Å²) < 4.78 is 1.99. The van der Waals surface area contributed by atoms with E-state index in [1.807, 2.05) is 23.4 Å². The lowest BCUT2D eigenvalue weighted by Crippen LogP contribution is -2.46. The summed E-state index contributed by atoms with van der Waals surface area (Å²) in [6.45, 7) is 7.24. The fourth-order valence-corrected chi connectivity index (χ4v) is 3.46. The van der Waals surface area contributed by atoms with Gasteiger partial charge < -0.3 is 4.90 Å². The van der Waals surface area contributed by atoms with Crippen LogP contribution in [0.1, 0.15) is 52.4 Å². The number of aryl methyl sites for hydroxylation is 3. The highest BCUT2D eigenvalue weighted by molar-refractivity contribution is 5.92. The number of carbonyl (C=O) groups excluding carboxylic acids is 1. The number of piperidine rings is 1. The van der Waals surface area contributed by atoms with E-state index in [1.54, 1.807) is 19.1 Å². The monoisotopic (exact) mass is 337 g/mol. The molecule has 0 aliphatic carbocycles. The molecule has 130 valence electrons. The first kappa shape index (κ1) is 17.2. The van der Waals surface area contributed by atoms with Crippen molar-refractivity contribution in [2.75, 3.05) is 6.54 Å².